The Balaban J connectivity index is 2.10. The Morgan fingerprint density at radius 1 is 1.18 bits per heavy atom. The molecule has 0 saturated carbocycles. The summed E-state index contributed by atoms with van der Waals surface area (Å²) in [5, 5.41) is 12.4. The minimum absolute atomic E-state index is 0.232. The molecule has 114 valence electrons. The number of nitrogens with one attached hydrogen (secondary N) is 1. The molecule has 0 spiro atoms. The van der Waals surface area contributed by atoms with Crippen molar-refractivity contribution in [3.63, 3.8) is 0 Å². The second kappa shape index (κ2) is 7.09. The standard InChI is InChI=1S/C17H16ClNO3/c1-11-3-2-4-12(9-11)10-15(17(21)22)19-16(20)13-5-7-14(18)8-6-13/h2-9,15H,10H2,1H3,(H,19,20)(H,21,22)/t15-/m1/s1. The summed E-state index contributed by atoms with van der Waals surface area (Å²) in [4.78, 5) is 23.5. The maximum Gasteiger partial charge on any atom is 0.326 e. The van der Waals surface area contributed by atoms with Gasteiger partial charge < -0.3 is 10.4 Å². The van der Waals surface area contributed by atoms with E-state index in [1.54, 1.807) is 24.3 Å². The summed E-state index contributed by atoms with van der Waals surface area (Å²) in [5.41, 5.74) is 2.29. The molecule has 1 atom stereocenters. The topological polar surface area (TPSA) is 66.4 Å². The average Bonchev–Trinajstić information content (AvgIpc) is 2.47. The molecule has 2 aromatic rings. The molecule has 0 aliphatic carbocycles. The number of rotatable bonds is 5. The SMILES string of the molecule is Cc1cccc(C[C@@H](NC(=O)c2ccc(Cl)cc2)C(=O)O)c1. The van der Waals surface area contributed by atoms with Crippen LogP contribution in [0.15, 0.2) is 48.5 Å². The fourth-order valence-corrected chi connectivity index (χ4v) is 2.24. The first-order valence-electron chi connectivity index (χ1n) is 6.80. The van der Waals surface area contributed by atoms with Gasteiger partial charge in [-0.2, -0.15) is 0 Å². The predicted octanol–water partition coefficient (Wildman–Crippen LogP) is 3.07. The number of carbonyl (C=O) groups excluding carboxylic acids is 1. The van der Waals surface area contributed by atoms with Crippen LogP contribution in [0, 0.1) is 6.92 Å². The van der Waals surface area contributed by atoms with E-state index in [-0.39, 0.29) is 6.42 Å². The lowest BCUT2D eigenvalue weighted by molar-refractivity contribution is -0.139. The third-order valence-corrected chi connectivity index (χ3v) is 3.48. The Bertz CT molecular complexity index is 683. The van der Waals surface area contributed by atoms with Crippen LogP contribution < -0.4 is 5.32 Å². The quantitative estimate of drug-likeness (QED) is 0.890. The first-order valence-corrected chi connectivity index (χ1v) is 7.18. The molecule has 0 saturated heterocycles. The van der Waals surface area contributed by atoms with Gasteiger partial charge in [-0.05, 0) is 36.8 Å². The van der Waals surface area contributed by atoms with E-state index < -0.39 is 17.9 Å². The summed E-state index contributed by atoms with van der Waals surface area (Å²) in [5.74, 6) is -1.50. The molecule has 0 aliphatic rings. The van der Waals surface area contributed by atoms with E-state index in [2.05, 4.69) is 5.32 Å². The van der Waals surface area contributed by atoms with Gasteiger partial charge in [-0.25, -0.2) is 4.79 Å². The van der Waals surface area contributed by atoms with Crippen LogP contribution in [0.25, 0.3) is 0 Å². The summed E-state index contributed by atoms with van der Waals surface area (Å²) in [7, 11) is 0. The van der Waals surface area contributed by atoms with Gasteiger partial charge in [0, 0.05) is 17.0 Å². The molecule has 0 aromatic heterocycles. The number of carboxylic acids is 1. The van der Waals surface area contributed by atoms with Crippen molar-refractivity contribution in [3.05, 3.63) is 70.2 Å². The van der Waals surface area contributed by atoms with Gasteiger partial charge in [0.25, 0.3) is 5.91 Å². The molecular formula is C17H16ClNO3. The van der Waals surface area contributed by atoms with Crippen molar-refractivity contribution < 1.29 is 14.7 Å². The van der Waals surface area contributed by atoms with Gasteiger partial charge >= 0.3 is 5.97 Å². The smallest absolute Gasteiger partial charge is 0.326 e. The maximum absolute atomic E-state index is 12.1. The van der Waals surface area contributed by atoms with Gasteiger partial charge in [-0.3, -0.25) is 4.79 Å². The molecule has 1 amide bonds. The lowest BCUT2D eigenvalue weighted by Gasteiger charge is -2.15. The molecule has 22 heavy (non-hydrogen) atoms. The van der Waals surface area contributed by atoms with E-state index in [1.807, 2.05) is 31.2 Å². The van der Waals surface area contributed by atoms with E-state index in [9.17, 15) is 14.7 Å². The molecular weight excluding hydrogens is 302 g/mol. The van der Waals surface area contributed by atoms with Crippen LogP contribution in [0.5, 0.6) is 0 Å². The van der Waals surface area contributed by atoms with E-state index in [1.165, 1.54) is 0 Å². The molecule has 0 aliphatic heterocycles. The summed E-state index contributed by atoms with van der Waals surface area (Å²) < 4.78 is 0. The number of aliphatic carboxylic acids is 1. The third-order valence-electron chi connectivity index (χ3n) is 3.23. The number of carboxylic acid groups (broad SMARTS) is 1. The number of halogens is 1. The molecule has 5 heteroatoms. The Morgan fingerprint density at radius 2 is 1.86 bits per heavy atom. The molecule has 0 radical (unpaired) electrons. The number of carbonyl (C=O) groups is 2. The fourth-order valence-electron chi connectivity index (χ4n) is 2.12. The van der Waals surface area contributed by atoms with E-state index in [4.69, 9.17) is 11.6 Å². The Kier molecular flexibility index (Phi) is 5.17. The van der Waals surface area contributed by atoms with Crippen LogP contribution in [-0.2, 0) is 11.2 Å². The fraction of sp³-hybridized carbons (Fsp3) is 0.176. The van der Waals surface area contributed by atoms with Crippen LogP contribution in [0.2, 0.25) is 5.02 Å². The third kappa shape index (κ3) is 4.33. The Labute approximate surface area is 133 Å². The number of aryl methyl sites for hydroxylation is 1. The zero-order chi connectivity index (χ0) is 16.1. The van der Waals surface area contributed by atoms with Crippen molar-refractivity contribution in [3.8, 4) is 0 Å². The van der Waals surface area contributed by atoms with Crippen molar-refractivity contribution in [1.29, 1.82) is 0 Å². The minimum Gasteiger partial charge on any atom is -0.480 e. The molecule has 0 heterocycles. The highest BCUT2D eigenvalue weighted by Gasteiger charge is 2.21. The highest BCUT2D eigenvalue weighted by molar-refractivity contribution is 6.30. The summed E-state index contributed by atoms with van der Waals surface area (Å²) in [6.07, 6.45) is 0.232. The monoisotopic (exact) mass is 317 g/mol. The van der Waals surface area contributed by atoms with Crippen LogP contribution >= 0.6 is 11.6 Å². The largest absolute Gasteiger partial charge is 0.480 e. The molecule has 0 fully saturated rings. The number of hydrogen-bond donors (Lipinski definition) is 2. The molecule has 0 bridgehead atoms. The summed E-state index contributed by atoms with van der Waals surface area (Å²) >= 11 is 5.77. The van der Waals surface area contributed by atoms with Crippen molar-refractivity contribution in [2.75, 3.05) is 0 Å². The molecule has 0 unspecified atom stereocenters. The van der Waals surface area contributed by atoms with Gasteiger partial charge in [0.1, 0.15) is 6.04 Å². The van der Waals surface area contributed by atoms with E-state index in [0.717, 1.165) is 11.1 Å². The van der Waals surface area contributed by atoms with Gasteiger partial charge in [-0.1, -0.05) is 41.4 Å². The second-order valence-corrected chi connectivity index (χ2v) is 5.50. The first-order chi connectivity index (χ1) is 10.5. The van der Waals surface area contributed by atoms with Crippen molar-refractivity contribution in [1.82, 2.24) is 5.32 Å². The molecule has 2 aromatic carbocycles. The number of benzene rings is 2. The van der Waals surface area contributed by atoms with Crippen LogP contribution in [0.1, 0.15) is 21.5 Å². The van der Waals surface area contributed by atoms with Crippen LogP contribution in [0.4, 0.5) is 0 Å². The lowest BCUT2D eigenvalue weighted by atomic mass is 10.0. The number of amides is 1. The van der Waals surface area contributed by atoms with Crippen LogP contribution in [-0.4, -0.2) is 23.0 Å². The van der Waals surface area contributed by atoms with Crippen molar-refractivity contribution in [2.45, 2.75) is 19.4 Å². The summed E-state index contributed by atoms with van der Waals surface area (Å²) in [6, 6.07) is 12.9. The summed E-state index contributed by atoms with van der Waals surface area (Å²) in [6.45, 7) is 1.94. The van der Waals surface area contributed by atoms with Gasteiger partial charge in [0.05, 0.1) is 0 Å². The zero-order valence-corrected chi connectivity index (χ0v) is 12.8. The van der Waals surface area contributed by atoms with Gasteiger partial charge in [0.15, 0.2) is 0 Å². The highest BCUT2D eigenvalue weighted by Crippen LogP contribution is 2.11. The molecule has 4 nitrogen and oxygen atoms in total. The predicted molar refractivity (Wildman–Crippen MR) is 85.2 cm³/mol. The van der Waals surface area contributed by atoms with E-state index in [0.29, 0.717) is 10.6 Å². The maximum atomic E-state index is 12.1. The number of hydrogen-bond acceptors (Lipinski definition) is 2. The van der Waals surface area contributed by atoms with Crippen molar-refractivity contribution >= 4 is 23.5 Å². The normalized spacial score (nSPS) is 11.7. The highest BCUT2D eigenvalue weighted by atomic mass is 35.5. The minimum atomic E-state index is -1.07. The van der Waals surface area contributed by atoms with Gasteiger partial charge in [0.2, 0.25) is 0 Å². The Hall–Kier alpha value is -2.33. The Morgan fingerprint density at radius 3 is 2.45 bits per heavy atom. The molecule has 2 N–H and O–H groups in total. The van der Waals surface area contributed by atoms with Gasteiger partial charge in [-0.15, -0.1) is 0 Å². The average molecular weight is 318 g/mol. The van der Waals surface area contributed by atoms with Crippen LogP contribution in [0.3, 0.4) is 0 Å². The molecule has 2 rings (SSSR count). The van der Waals surface area contributed by atoms with E-state index >= 15 is 0 Å². The van der Waals surface area contributed by atoms with Crippen molar-refractivity contribution in [2.24, 2.45) is 0 Å². The lowest BCUT2D eigenvalue weighted by Crippen LogP contribution is -2.42. The zero-order valence-electron chi connectivity index (χ0n) is 12.0. The second-order valence-electron chi connectivity index (χ2n) is 5.06. The first kappa shape index (κ1) is 16.0.